The molecule has 1 aliphatic heterocycles. The molecule has 0 bridgehead atoms. The SMILES string of the molecule is N#Cc1c(NC(=O)COC(=O)c2ccc(N3C(=O)c4ccccc4C3=O)cc2)sc2c1CCC2. The van der Waals surface area contributed by atoms with Crippen molar-refractivity contribution in [3.8, 4) is 6.07 Å². The Kier molecular flexibility index (Phi) is 5.43. The van der Waals surface area contributed by atoms with Gasteiger partial charge in [0.1, 0.15) is 11.1 Å². The van der Waals surface area contributed by atoms with Gasteiger partial charge in [0.25, 0.3) is 17.7 Å². The molecule has 2 heterocycles. The first-order valence-electron chi connectivity index (χ1n) is 10.6. The number of hydrogen-bond acceptors (Lipinski definition) is 7. The van der Waals surface area contributed by atoms with Gasteiger partial charge >= 0.3 is 5.97 Å². The molecule has 5 rings (SSSR count). The Morgan fingerprint density at radius 2 is 1.71 bits per heavy atom. The number of thiophene rings is 1. The molecule has 8 nitrogen and oxygen atoms in total. The normalized spacial score (nSPS) is 13.9. The first-order valence-corrected chi connectivity index (χ1v) is 11.4. The van der Waals surface area contributed by atoms with Crippen molar-refractivity contribution in [1.29, 1.82) is 5.26 Å². The Morgan fingerprint density at radius 3 is 2.35 bits per heavy atom. The van der Waals surface area contributed by atoms with Crippen LogP contribution in [0.2, 0.25) is 0 Å². The van der Waals surface area contributed by atoms with Gasteiger partial charge in [-0.2, -0.15) is 5.26 Å². The molecule has 9 heteroatoms. The summed E-state index contributed by atoms with van der Waals surface area (Å²) in [4.78, 5) is 52.0. The summed E-state index contributed by atoms with van der Waals surface area (Å²) in [5.74, 6) is -2.11. The number of amides is 3. The van der Waals surface area contributed by atoms with Crippen LogP contribution in [0.5, 0.6) is 0 Å². The van der Waals surface area contributed by atoms with Crippen molar-refractivity contribution in [3.05, 3.63) is 81.2 Å². The summed E-state index contributed by atoms with van der Waals surface area (Å²) in [5.41, 5.74) is 2.64. The highest BCUT2D eigenvalue weighted by Gasteiger charge is 2.36. The third kappa shape index (κ3) is 3.64. The Morgan fingerprint density at radius 1 is 1.03 bits per heavy atom. The predicted octanol–water partition coefficient (Wildman–Crippen LogP) is 3.70. The second-order valence-corrected chi connectivity index (χ2v) is 8.94. The summed E-state index contributed by atoms with van der Waals surface area (Å²) in [7, 11) is 0. The van der Waals surface area contributed by atoms with Gasteiger partial charge in [-0.15, -0.1) is 11.3 Å². The number of esters is 1. The predicted molar refractivity (Wildman–Crippen MR) is 124 cm³/mol. The summed E-state index contributed by atoms with van der Waals surface area (Å²) in [6.45, 7) is -0.508. The summed E-state index contributed by atoms with van der Waals surface area (Å²) in [6, 6.07) is 14.5. The molecule has 1 aromatic heterocycles. The molecular formula is C25H17N3O5S. The van der Waals surface area contributed by atoms with Gasteiger partial charge in [-0.1, -0.05) is 12.1 Å². The summed E-state index contributed by atoms with van der Waals surface area (Å²) in [5, 5.41) is 12.6. The van der Waals surface area contributed by atoms with E-state index in [9.17, 15) is 24.4 Å². The van der Waals surface area contributed by atoms with Gasteiger partial charge in [-0.05, 0) is 61.2 Å². The van der Waals surface area contributed by atoms with Crippen LogP contribution in [0.25, 0.3) is 0 Å². The van der Waals surface area contributed by atoms with Crippen LogP contribution in [-0.2, 0) is 22.4 Å². The third-order valence-corrected chi connectivity index (χ3v) is 6.98. The van der Waals surface area contributed by atoms with Crippen LogP contribution in [0, 0.1) is 11.3 Å². The van der Waals surface area contributed by atoms with Crippen LogP contribution in [0.1, 0.15) is 53.5 Å². The maximum absolute atomic E-state index is 12.6. The average molecular weight is 471 g/mol. The van der Waals surface area contributed by atoms with Crippen LogP contribution in [0.15, 0.2) is 48.5 Å². The first-order chi connectivity index (χ1) is 16.5. The lowest BCUT2D eigenvalue weighted by Gasteiger charge is -2.14. The fraction of sp³-hybridized carbons (Fsp3) is 0.160. The number of aryl methyl sites for hydroxylation is 1. The maximum Gasteiger partial charge on any atom is 0.338 e. The number of fused-ring (bicyclic) bond motifs is 2. The Hall–Kier alpha value is -4.29. The number of nitrogens with one attached hydrogen (secondary N) is 1. The minimum absolute atomic E-state index is 0.168. The quantitative estimate of drug-likeness (QED) is 0.448. The van der Waals surface area contributed by atoms with Crippen molar-refractivity contribution in [3.63, 3.8) is 0 Å². The van der Waals surface area contributed by atoms with Gasteiger partial charge in [-0.25, -0.2) is 9.69 Å². The minimum Gasteiger partial charge on any atom is -0.452 e. The van der Waals surface area contributed by atoms with Crippen LogP contribution in [-0.4, -0.2) is 30.3 Å². The number of carbonyl (C=O) groups is 4. The standard InChI is InChI=1S/C25H17N3O5S/c26-12-19-16-6-3-7-20(16)34-22(19)27-21(29)13-33-25(32)14-8-10-15(11-9-14)28-23(30)17-4-1-2-5-18(17)24(28)31/h1-2,4-5,8-11H,3,6-7,13H2,(H,27,29). The van der Waals surface area contributed by atoms with Gasteiger partial charge in [0, 0.05) is 4.88 Å². The van der Waals surface area contributed by atoms with Crippen molar-refractivity contribution < 1.29 is 23.9 Å². The molecular weight excluding hydrogens is 454 g/mol. The lowest BCUT2D eigenvalue weighted by atomic mass is 10.1. The van der Waals surface area contributed by atoms with Crippen LogP contribution < -0.4 is 10.2 Å². The number of ether oxygens (including phenoxy) is 1. The fourth-order valence-corrected chi connectivity index (χ4v) is 5.41. The smallest absolute Gasteiger partial charge is 0.338 e. The van der Waals surface area contributed by atoms with Gasteiger partial charge in [0.05, 0.1) is 27.9 Å². The largest absolute Gasteiger partial charge is 0.452 e. The molecule has 1 aliphatic carbocycles. The molecule has 0 fully saturated rings. The average Bonchev–Trinajstić information content (AvgIpc) is 3.50. The number of carbonyl (C=O) groups excluding carboxylic acids is 4. The summed E-state index contributed by atoms with van der Waals surface area (Å²) >= 11 is 1.39. The van der Waals surface area contributed by atoms with Crippen LogP contribution in [0.3, 0.4) is 0 Å². The van der Waals surface area contributed by atoms with E-state index < -0.39 is 30.3 Å². The second kappa shape index (κ2) is 8.57. The summed E-state index contributed by atoms with van der Waals surface area (Å²) in [6.07, 6.45) is 2.74. The topological polar surface area (TPSA) is 117 Å². The van der Waals surface area contributed by atoms with Crippen LogP contribution in [0.4, 0.5) is 10.7 Å². The van der Waals surface area contributed by atoms with E-state index >= 15 is 0 Å². The van der Waals surface area contributed by atoms with E-state index in [1.807, 2.05) is 0 Å². The highest BCUT2D eigenvalue weighted by molar-refractivity contribution is 7.16. The molecule has 0 saturated carbocycles. The molecule has 1 N–H and O–H groups in total. The lowest BCUT2D eigenvalue weighted by Crippen LogP contribution is -2.29. The number of rotatable bonds is 5. The van der Waals surface area contributed by atoms with Crippen LogP contribution >= 0.6 is 11.3 Å². The highest BCUT2D eigenvalue weighted by atomic mass is 32.1. The van der Waals surface area contributed by atoms with Crippen molar-refractivity contribution >= 4 is 45.7 Å². The number of anilines is 2. The Bertz CT molecular complexity index is 1370. The zero-order valence-corrected chi connectivity index (χ0v) is 18.6. The molecule has 2 aromatic carbocycles. The molecule has 0 spiro atoms. The maximum atomic E-state index is 12.6. The fourth-order valence-electron chi connectivity index (χ4n) is 4.16. The molecule has 0 saturated heterocycles. The van der Waals surface area contributed by atoms with E-state index in [-0.39, 0.29) is 5.56 Å². The number of nitrogens with zero attached hydrogens (tertiary/aromatic N) is 2. The number of nitriles is 1. The Labute approximate surface area is 198 Å². The van der Waals surface area contributed by atoms with Crippen molar-refractivity contribution in [2.24, 2.45) is 0 Å². The van der Waals surface area contributed by atoms with Gasteiger partial charge in [0.15, 0.2) is 6.61 Å². The molecule has 34 heavy (non-hydrogen) atoms. The molecule has 3 aromatic rings. The molecule has 168 valence electrons. The molecule has 0 unspecified atom stereocenters. The summed E-state index contributed by atoms with van der Waals surface area (Å²) < 4.78 is 5.09. The monoisotopic (exact) mass is 471 g/mol. The van der Waals surface area contributed by atoms with E-state index in [2.05, 4.69) is 11.4 Å². The molecule has 3 amide bonds. The zero-order valence-electron chi connectivity index (χ0n) is 17.8. The highest BCUT2D eigenvalue weighted by Crippen LogP contribution is 2.38. The Balaban J connectivity index is 1.21. The van der Waals surface area contributed by atoms with Crippen molar-refractivity contribution in [2.45, 2.75) is 19.3 Å². The third-order valence-electron chi connectivity index (χ3n) is 5.78. The zero-order chi connectivity index (χ0) is 23.8. The van der Waals surface area contributed by atoms with Gasteiger partial charge < -0.3 is 10.1 Å². The molecule has 0 atom stereocenters. The molecule has 0 radical (unpaired) electrons. The van der Waals surface area contributed by atoms with E-state index in [0.717, 1.165) is 34.6 Å². The first kappa shape index (κ1) is 21.6. The van der Waals surface area contributed by atoms with E-state index in [1.54, 1.807) is 24.3 Å². The second-order valence-electron chi connectivity index (χ2n) is 7.84. The van der Waals surface area contributed by atoms with E-state index in [0.29, 0.717) is 27.4 Å². The minimum atomic E-state index is -0.724. The lowest BCUT2D eigenvalue weighted by molar-refractivity contribution is -0.119. The van der Waals surface area contributed by atoms with Gasteiger partial charge in [0.2, 0.25) is 0 Å². The molecule has 2 aliphatic rings. The van der Waals surface area contributed by atoms with Gasteiger partial charge in [-0.3, -0.25) is 14.4 Å². The number of benzene rings is 2. The number of imide groups is 1. The van der Waals surface area contributed by atoms with E-state index in [4.69, 9.17) is 4.74 Å². The van der Waals surface area contributed by atoms with E-state index in [1.165, 1.54) is 35.6 Å². The number of hydrogen-bond donors (Lipinski definition) is 1. The van der Waals surface area contributed by atoms with Crippen molar-refractivity contribution in [1.82, 2.24) is 0 Å². The van der Waals surface area contributed by atoms with Crippen molar-refractivity contribution in [2.75, 3.05) is 16.8 Å².